The molecule has 0 bridgehead atoms. The van der Waals surface area contributed by atoms with Crippen LogP contribution in [-0.4, -0.2) is 13.5 Å². The third kappa shape index (κ3) is 2.04. The van der Waals surface area contributed by atoms with Crippen molar-refractivity contribution in [3.63, 3.8) is 0 Å². The Morgan fingerprint density at radius 2 is 2.00 bits per heavy atom. The van der Waals surface area contributed by atoms with Crippen LogP contribution in [0.3, 0.4) is 0 Å². The van der Waals surface area contributed by atoms with E-state index in [0.717, 1.165) is 0 Å². The molecule has 2 aliphatic rings. The van der Waals surface area contributed by atoms with Gasteiger partial charge in [0.25, 0.3) is 0 Å². The summed E-state index contributed by atoms with van der Waals surface area (Å²) in [6, 6.07) is 6.84. The molecule has 0 N–H and O–H groups in total. The number of fused-ring (bicyclic) bond motifs is 2. The molecule has 1 aromatic rings. The van der Waals surface area contributed by atoms with Crippen molar-refractivity contribution in [1.29, 1.82) is 0 Å². The zero-order valence-electron chi connectivity index (χ0n) is 13.0. The van der Waals surface area contributed by atoms with Gasteiger partial charge in [-0.05, 0) is 0 Å². The van der Waals surface area contributed by atoms with Crippen LogP contribution < -0.4 is 0 Å². The molecule has 102 valence electrons. The van der Waals surface area contributed by atoms with Gasteiger partial charge >= 0.3 is 123 Å². The first kappa shape index (κ1) is 13.6. The summed E-state index contributed by atoms with van der Waals surface area (Å²) < 4.78 is 0. The molecule has 0 nitrogen and oxygen atoms in total. The van der Waals surface area contributed by atoms with Crippen LogP contribution in [-0.2, 0) is 0 Å². The van der Waals surface area contributed by atoms with Gasteiger partial charge in [0.2, 0.25) is 0 Å². The molecule has 20 heavy (non-hydrogen) atoms. The van der Waals surface area contributed by atoms with Crippen molar-refractivity contribution < 1.29 is 0 Å². The summed E-state index contributed by atoms with van der Waals surface area (Å²) in [5, 5.41) is 0. The van der Waals surface area contributed by atoms with Crippen LogP contribution in [0, 0.1) is 18.3 Å². The molecule has 0 fully saturated rings. The van der Waals surface area contributed by atoms with Crippen LogP contribution in [0.15, 0.2) is 35.9 Å². The predicted molar refractivity (Wildman–Crippen MR) is 90.8 cm³/mol. The molecular formula is C19H23B. The van der Waals surface area contributed by atoms with Gasteiger partial charge in [0.15, 0.2) is 0 Å². The zero-order chi connectivity index (χ0) is 14.5. The van der Waals surface area contributed by atoms with E-state index >= 15 is 0 Å². The molecule has 0 aliphatic heterocycles. The van der Waals surface area contributed by atoms with Crippen LogP contribution in [0.2, 0.25) is 0 Å². The van der Waals surface area contributed by atoms with E-state index in [4.69, 9.17) is 0 Å². The molecule has 0 amide bonds. The Kier molecular flexibility index (Phi) is 3.12. The predicted octanol–water partition coefficient (Wildman–Crippen LogP) is 4.17. The van der Waals surface area contributed by atoms with Crippen LogP contribution in [0.4, 0.5) is 0 Å². The zero-order valence-corrected chi connectivity index (χ0v) is 13.0. The van der Waals surface area contributed by atoms with E-state index in [1.807, 2.05) is 0 Å². The molecular weight excluding hydrogens is 239 g/mol. The number of allylic oxidation sites excluding steroid dienone is 4. The number of rotatable bonds is 1. The van der Waals surface area contributed by atoms with Crippen LogP contribution in [0.5, 0.6) is 0 Å². The Labute approximate surface area is 123 Å². The summed E-state index contributed by atoms with van der Waals surface area (Å²) in [6.07, 6.45) is 5.93. The first-order chi connectivity index (χ1) is 9.41. The maximum absolute atomic E-state index is 4.09. The summed E-state index contributed by atoms with van der Waals surface area (Å²) in [5.74, 6) is 3.16. The molecule has 2 atom stereocenters. The quantitative estimate of drug-likeness (QED) is 0.666. The first-order valence-electron chi connectivity index (χ1n) is 7.56. The topological polar surface area (TPSA) is 0 Å². The Bertz CT molecular complexity index is 626. The fourth-order valence-corrected chi connectivity index (χ4v) is 3.53. The number of hydrogen-bond acceptors (Lipinski definition) is 0. The second kappa shape index (κ2) is 4.58. The Balaban J connectivity index is 2.06. The van der Waals surface area contributed by atoms with Gasteiger partial charge in [0.1, 0.15) is 0 Å². The van der Waals surface area contributed by atoms with E-state index in [1.54, 1.807) is 5.57 Å². The molecule has 1 aromatic carbocycles. The molecule has 0 saturated carbocycles. The van der Waals surface area contributed by atoms with Gasteiger partial charge < -0.3 is 0 Å². The second-order valence-electron chi connectivity index (χ2n) is 7.28. The van der Waals surface area contributed by atoms with E-state index in [1.165, 1.54) is 28.7 Å². The number of benzene rings is 1. The fraction of sp³-hybridized carbons (Fsp3) is 0.421. The van der Waals surface area contributed by atoms with Gasteiger partial charge in [-0.1, -0.05) is 0 Å². The molecule has 0 saturated heterocycles. The van der Waals surface area contributed by atoms with Gasteiger partial charge in [0, 0.05) is 0 Å². The molecule has 1 unspecified atom stereocenters. The van der Waals surface area contributed by atoms with E-state index in [0.29, 0.717) is 17.3 Å². The molecule has 0 spiro atoms. The van der Waals surface area contributed by atoms with Crippen molar-refractivity contribution in [3.05, 3.63) is 52.6 Å². The summed E-state index contributed by atoms with van der Waals surface area (Å²) in [4.78, 5) is 0. The number of hydrogen-bond donors (Lipinski definition) is 0. The van der Waals surface area contributed by atoms with Gasteiger partial charge in [-0.25, -0.2) is 0 Å². The third-order valence-corrected chi connectivity index (χ3v) is 4.84. The summed E-state index contributed by atoms with van der Waals surface area (Å²) in [7, 11) is 4.09. The number of aryl methyl sites for hydroxylation is 1. The van der Waals surface area contributed by atoms with E-state index < -0.39 is 0 Å². The van der Waals surface area contributed by atoms with Crippen molar-refractivity contribution in [3.8, 4) is 0 Å². The molecule has 0 radical (unpaired) electrons. The van der Waals surface area contributed by atoms with Crippen molar-refractivity contribution in [1.82, 2.24) is 0 Å². The summed E-state index contributed by atoms with van der Waals surface area (Å²) >= 11 is 0. The van der Waals surface area contributed by atoms with Crippen LogP contribution in [0.1, 0.15) is 49.8 Å². The summed E-state index contributed by atoms with van der Waals surface area (Å²) in [6.45, 7) is 9.18. The molecule has 1 heteroatoms. The minimum atomic E-state index is 0.325. The standard InChI is InChI=1S/C19H23B/c1-12-5-7-14-15-8-6-13(19(2,3)4)10-17(15)18(11-20)16(14)9-12/h5-9,11,13,18,20H,10H2,1-4H3/t13-,18?/m1/s1. The van der Waals surface area contributed by atoms with Crippen molar-refractivity contribution in [2.24, 2.45) is 11.3 Å². The third-order valence-electron chi connectivity index (χ3n) is 4.84. The van der Waals surface area contributed by atoms with Gasteiger partial charge in [-0.15, -0.1) is 0 Å². The molecule has 2 aliphatic carbocycles. The monoisotopic (exact) mass is 262 g/mol. The molecule has 0 aromatic heterocycles. The second-order valence-corrected chi connectivity index (χ2v) is 7.28. The first-order valence-corrected chi connectivity index (χ1v) is 7.56. The van der Waals surface area contributed by atoms with Gasteiger partial charge in [-0.2, -0.15) is 0 Å². The van der Waals surface area contributed by atoms with E-state index in [2.05, 4.69) is 71.5 Å². The van der Waals surface area contributed by atoms with Gasteiger partial charge in [0.05, 0.1) is 0 Å². The molecule has 0 heterocycles. The average Bonchev–Trinajstić information content (AvgIpc) is 2.69. The van der Waals surface area contributed by atoms with Crippen molar-refractivity contribution in [2.45, 2.75) is 40.0 Å². The Morgan fingerprint density at radius 3 is 2.65 bits per heavy atom. The average molecular weight is 262 g/mol. The summed E-state index contributed by atoms with van der Waals surface area (Å²) in [5.41, 5.74) is 7.55. The SMILES string of the molecule is B=CC1C2=C(C=C[C@@H](C(C)(C)C)C2)c2ccc(C)cc21. The van der Waals surface area contributed by atoms with Crippen LogP contribution in [0.25, 0.3) is 5.57 Å². The van der Waals surface area contributed by atoms with Crippen LogP contribution >= 0.6 is 0 Å². The van der Waals surface area contributed by atoms with Crippen molar-refractivity contribution >= 4 is 19.0 Å². The van der Waals surface area contributed by atoms with Gasteiger partial charge in [-0.3, -0.25) is 0 Å². The van der Waals surface area contributed by atoms with E-state index in [9.17, 15) is 0 Å². The van der Waals surface area contributed by atoms with Crippen molar-refractivity contribution in [2.75, 3.05) is 0 Å². The van der Waals surface area contributed by atoms with E-state index in [-0.39, 0.29) is 0 Å². The normalized spacial score (nSPS) is 24.6. The Hall–Kier alpha value is -1.37. The minimum absolute atomic E-state index is 0.325. The molecule has 3 rings (SSSR count). The fourth-order valence-electron chi connectivity index (χ4n) is 3.53. The Morgan fingerprint density at radius 1 is 1.25 bits per heavy atom. The maximum atomic E-state index is 4.09.